The van der Waals surface area contributed by atoms with Crippen molar-refractivity contribution in [3.05, 3.63) is 0 Å². The third-order valence-corrected chi connectivity index (χ3v) is 3.20. The van der Waals surface area contributed by atoms with E-state index in [0.29, 0.717) is 5.41 Å². The Kier molecular flexibility index (Phi) is 7.65. The molecule has 0 saturated heterocycles. The molecule has 1 amide bonds. The van der Waals surface area contributed by atoms with Crippen LogP contribution in [0.25, 0.3) is 0 Å². The van der Waals surface area contributed by atoms with Gasteiger partial charge in [-0.05, 0) is 30.1 Å². The van der Waals surface area contributed by atoms with Crippen LogP contribution in [0.4, 0.5) is 0 Å². The Labute approximate surface area is 119 Å². The molecule has 0 saturated carbocycles. The predicted octanol–water partition coefficient (Wildman–Crippen LogP) is 3.47. The molecule has 0 aromatic rings. The fourth-order valence-corrected chi connectivity index (χ4v) is 1.84. The monoisotopic (exact) mass is 270 g/mol. The van der Waals surface area contributed by atoms with Crippen molar-refractivity contribution in [1.29, 1.82) is 0 Å². The molecule has 0 aliphatic rings. The lowest BCUT2D eigenvalue weighted by atomic mass is 9.89. The molecular formula is C16H34N2O. The summed E-state index contributed by atoms with van der Waals surface area (Å²) in [5, 5.41) is 2.93. The van der Waals surface area contributed by atoms with E-state index in [9.17, 15) is 4.79 Å². The molecule has 3 heteroatoms. The summed E-state index contributed by atoms with van der Waals surface area (Å²) in [6, 6.07) is -0.347. The molecule has 0 radical (unpaired) electrons. The van der Waals surface area contributed by atoms with Gasteiger partial charge in [-0.1, -0.05) is 54.4 Å². The Bertz CT molecular complexity index is 261. The van der Waals surface area contributed by atoms with Crippen molar-refractivity contribution < 1.29 is 4.79 Å². The summed E-state index contributed by atoms with van der Waals surface area (Å²) in [5.74, 6) is 0.00000803. The molecule has 19 heavy (non-hydrogen) atoms. The first-order valence-electron chi connectivity index (χ1n) is 7.55. The van der Waals surface area contributed by atoms with E-state index in [2.05, 4.69) is 46.9 Å². The van der Waals surface area contributed by atoms with E-state index in [1.165, 1.54) is 6.42 Å². The maximum Gasteiger partial charge on any atom is 0.236 e. The van der Waals surface area contributed by atoms with Crippen LogP contribution in [-0.4, -0.2) is 18.5 Å². The van der Waals surface area contributed by atoms with E-state index in [4.69, 9.17) is 5.73 Å². The van der Waals surface area contributed by atoms with Gasteiger partial charge < -0.3 is 11.1 Å². The molecule has 3 N–H and O–H groups in total. The van der Waals surface area contributed by atoms with Crippen LogP contribution in [0.15, 0.2) is 0 Å². The number of carbonyl (C=O) groups is 1. The number of hydrogen-bond acceptors (Lipinski definition) is 2. The first kappa shape index (κ1) is 18.4. The van der Waals surface area contributed by atoms with Gasteiger partial charge in [0.15, 0.2) is 0 Å². The number of nitrogens with two attached hydrogens (primary N) is 1. The van der Waals surface area contributed by atoms with Crippen LogP contribution >= 0.6 is 0 Å². The van der Waals surface area contributed by atoms with Gasteiger partial charge in [0.05, 0.1) is 6.04 Å². The highest BCUT2D eigenvalue weighted by molar-refractivity contribution is 5.81. The van der Waals surface area contributed by atoms with E-state index < -0.39 is 0 Å². The number of unbranched alkanes of at least 4 members (excludes halogenated alkanes) is 1. The maximum atomic E-state index is 11.8. The molecule has 0 fully saturated rings. The fourth-order valence-electron chi connectivity index (χ4n) is 1.84. The lowest BCUT2D eigenvalue weighted by Crippen LogP contribution is -2.41. The summed E-state index contributed by atoms with van der Waals surface area (Å²) < 4.78 is 0. The fraction of sp³-hybridized carbons (Fsp3) is 0.938. The van der Waals surface area contributed by atoms with Crippen LogP contribution in [0.5, 0.6) is 0 Å². The van der Waals surface area contributed by atoms with Crippen LogP contribution in [0.1, 0.15) is 73.6 Å². The minimum absolute atomic E-state index is 0.00000803. The van der Waals surface area contributed by atoms with Gasteiger partial charge in [0.25, 0.3) is 0 Å². The minimum Gasteiger partial charge on any atom is -0.355 e. The Morgan fingerprint density at radius 3 is 2.00 bits per heavy atom. The molecule has 3 nitrogen and oxygen atoms in total. The van der Waals surface area contributed by atoms with Gasteiger partial charge in [0.1, 0.15) is 0 Å². The molecular weight excluding hydrogens is 236 g/mol. The summed E-state index contributed by atoms with van der Waals surface area (Å²) in [7, 11) is 0. The lowest BCUT2D eigenvalue weighted by Gasteiger charge is -2.20. The van der Waals surface area contributed by atoms with E-state index in [1.807, 2.05) is 0 Å². The minimum atomic E-state index is -0.347. The second kappa shape index (κ2) is 7.88. The van der Waals surface area contributed by atoms with Crippen molar-refractivity contribution in [2.45, 2.75) is 79.7 Å². The highest BCUT2D eigenvalue weighted by Crippen LogP contribution is 2.22. The zero-order chi connectivity index (χ0) is 15.1. The SMILES string of the molecule is CC(C)(C)CCCCC(N)C(=O)NCCC(C)(C)C. The quantitative estimate of drug-likeness (QED) is 0.696. The van der Waals surface area contributed by atoms with Gasteiger partial charge in [-0.25, -0.2) is 0 Å². The summed E-state index contributed by atoms with van der Waals surface area (Å²) >= 11 is 0. The summed E-state index contributed by atoms with van der Waals surface area (Å²) in [5.41, 5.74) is 6.53. The van der Waals surface area contributed by atoms with Gasteiger partial charge in [-0.15, -0.1) is 0 Å². The van der Waals surface area contributed by atoms with Crippen LogP contribution in [-0.2, 0) is 4.79 Å². The maximum absolute atomic E-state index is 11.8. The van der Waals surface area contributed by atoms with E-state index >= 15 is 0 Å². The molecule has 0 heterocycles. The van der Waals surface area contributed by atoms with Crippen molar-refractivity contribution in [2.75, 3.05) is 6.54 Å². The van der Waals surface area contributed by atoms with E-state index in [0.717, 1.165) is 32.2 Å². The van der Waals surface area contributed by atoms with Crippen molar-refractivity contribution in [3.63, 3.8) is 0 Å². The molecule has 114 valence electrons. The van der Waals surface area contributed by atoms with Crippen LogP contribution in [0, 0.1) is 10.8 Å². The zero-order valence-electron chi connectivity index (χ0n) is 13.8. The van der Waals surface area contributed by atoms with Gasteiger partial charge in [0, 0.05) is 6.54 Å². The van der Waals surface area contributed by atoms with E-state index in [-0.39, 0.29) is 17.4 Å². The second-order valence-electron chi connectivity index (χ2n) is 8.01. The number of hydrogen-bond donors (Lipinski definition) is 2. The van der Waals surface area contributed by atoms with Crippen LogP contribution < -0.4 is 11.1 Å². The smallest absolute Gasteiger partial charge is 0.236 e. The topological polar surface area (TPSA) is 55.1 Å². The Morgan fingerprint density at radius 1 is 1.00 bits per heavy atom. The standard InChI is InChI=1S/C16H34N2O/c1-15(2,3)10-8-7-9-13(17)14(19)18-12-11-16(4,5)6/h13H,7-12,17H2,1-6H3,(H,18,19). The molecule has 0 bridgehead atoms. The molecule has 0 aromatic heterocycles. The normalized spacial score (nSPS) is 14.3. The number of amides is 1. The van der Waals surface area contributed by atoms with Crippen molar-refractivity contribution in [1.82, 2.24) is 5.32 Å². The molecule has 0 rings (SSSR count). The molecule has 0 aromatic carbocycles. The Morgan fingerprint density at radius 2 is 1.53 bits per heavy atom. The third kappa shape index (κ3) is 12.2. The number of carbonyl (C=O) groups excluding carboxylic acids is 1. The largest absolute Gasteiger partial charge is 0.355 e. The molecule has 0 aliphatic heterocycles. The molecule has 1 atom stereocenters. The van der Waals surface area contributed by atoms with Gasteiger partial charge >= 0.3 is 0 Å². The Balaban J connectivity index is 3.71. The first-order chi connectivity index (χ1) is 8.51. The average Bonchev–Trinajstić information content (AvgIpc) is 2.20. The van der Waals surface area contributed by atoms with Gasteiger partial charge in [0.2, 0.25) is 5.91 Å². The summed E-state index contributed by atoms with van der Waals surface area (Å²) in [4.78, 5) is 11.8. The molecule has 0 aliphatic carbocycles. The van der Waals surface area contributed by atoms with Crippen LogP contribution in [0.2, 0.25) is 0 Å². The predicted molar refractivity (Wildman–Crippen MR) is 83.0 cm³/mol. The number of rotatable bonds is 7. The first-order valence-corrected chi connectivity index (χ1v) is 7.55. The molecule has 1 unspecified atom stereocenters. The Hall–Kier alpha value is -0.570. The number of nitrogens with one attached hydrogen (secondary N) is 1. The van der Waals surface area contributed by atoms with Gasteiger partial charge in [-0.2, -0.15) is 0 Å². The lowest BCUT2D eigenvalue weighted by molar-refractivity contribution is -0.122. The van der Waals surface area contributed by atoms with E-state index in [1.54, 1.807) is 0 Å². The van der Waals surface area contributed by atoms with Crippen LogP contribution in [0.3, 0.4) is 0 Å². The highest BCUT2D eigenvalue weighted by Gasteiger charge is 2.15. The third-order valence-electron chi connectivity index (χ3n) is 3.20. The second-order valence-corrected chi connectivity index (χ2v) is 8.01. The molecule has 0 spiro atoms. The van der Waals surface area contributed by atoms with Crippen molar-refractivity contribution in [2.24, 2.45) is 16.6 Å². The summed E-state index contributed by atoms with van der Waals surface area (Å²) in [6.07, 6.45) is 5.13. The van der Waals surface area contributed by atoms with Gasteiger partial charge in [-0.3, -0.25) is 4.79 Å². The summed E-state index contributed by atoms with van der Waals surface area (Å²) in [6.45, 7) is 14.0. The average molecular weight is 270 g/mol. The zero-order valence-corrected chi connectivity index (χ0v) is 13.8. The van der Waals surface area contributed by atoms with Crippen molar-refractivity contribution >= 4 is 5.91 Å². The van der Waals surface area contributed by atoms with Crippen molar-refractivity contribution in [3.8, 4) is 0 Å². The highest BCUT2D eigenvalue weighted by atomic mass is 16.2.